The van der Waals surface area contributed by atoms with Crippen molar-refractivity contribution in [1.29, 1.82) is 0 Å². The van der Waals surface area contributed by atoms with Gasteiger partial charge in [-0.05, 0) is 23.3 Å². The van der Waals surface area contributed by atoms with E-state index in [1.165, 1.54) is 0 Å². The molecule has 0 atom stereocenters. The summed E-state index contributed by atoms with van der Waals surface area (Å²) in [5.74, 6) is 1.86. The normalized spacial score (nSPS) is 11.8. The zero-order valence-electron chi connectivity index (χ0n) is 11.4. The summed E-state index contributed by atoms with van der Waals surface area (Å²) >= 11 is 1.65. The number of hydrogen-bond acceptors (Lipinski definition) is 2. The largest absolute Gasteiger partial charge is 0.309 e. The summed E-state index contributed by atoms with van der Waals surface area (Å²) in [6.07, 6.45) is 1.96. The van der Waals surface area contributed by atoms with Gasteiger partial charge < -0.3 is 4.57 Å². The first-order valence-electron chi connectivity index (χ1n) is 6.73. The molecule has 0 N–H and O–H groups in total. The lowest BCUT2D eigenvalue weighted by molar-refractivity contribution is 0.592. The maximum absolute atomic E-state index is 13.6. The summed E-state index contributed by atoms with van der Waals surface area (Å²) < 4.78 is 13.6. The maximum atomic E-state index is 13.6. The lowest BCUT2D eigenvalue weighted by atomic mass is 10.4. The van der Waals surface area contributed by atoms with E-state index in [1.54, 1.807) is 11.3 Å². The quantitative estimate of drug-likeness (QED) is 0.637. The van der Waals surface area contributed by atoms with Crippen LogP contribution in [0.25, 0.3) is 6.08 Å². The first-order valence-corrected chi connectivity index (χ1v) is 9.38. The second-order valence-corrected chi connectivity index (χ2v) is 8.29. The Bertz CT molecular complexity index is 718. The van der Waals surface area contributed by atoms with Crippen molar-refractivity contribution in [2.75, 3.05) is 0 Å². The lowest BCUT2D eigenvalue weighted by Crippen LogP contribution is -2.13. The van der Waals surface area contributed by atoms with Gasteiger partial charge in [0.25, 0.3) is 0 Å². The van der Waals surface area contributed by atoms with E-state index < -0.39 is 7.14 Å². The summed E-state index contributed by atoms with van der Waals surface area (Å²) in [4.78, 5) is 1.11. The molecule has 0 saturated heterocycles. The topological polar surface area (TPSA) is 17.1 Å². The van der Waals surface area contributed by atoms with Crippen molar-refractivity contribution in [2.45, 2.75) is 0 Å². The molecule has 1 aromatic heterocycles. The summed E-state index contributed by atoms with van der Waals surface area (Å²) in [6, 6.07) is 23.4. The zero-order chi connectivity index (χ0) is 14.5. The van der Waals surface area contributed by atoms with Gasteiger partial charge in [-0.3, -0.25) is 0 Å². The summed E-state index contributed by atoms with van der Waals surface area (Å²) in [5.41, 5.74) is 0. The first-order chi connectivity index (χ1) is 10.3. The molecule has 2 aromatic carbocycles. The van der Waals surface area contributed by atoms with Crippen LogP contribution < -0.4 is 10.6 Å². The number of rotatable bonds is 4. The van der Waals surface area contributed by atoms with Gasteiger partial charge in [-0.25, -0.2) is 0 Å². The van der Waals surface area contributed by atoms with Crippen molar-refractivity contribution in [3.8, 4) is 0 Å². The van der Waals surface area contributed by atoms with E-state index >= 15 is 0 Å². The van der Waals surface area contributed by atoms with Crippen LogP contribution in [-0.4, -0.2) is 0 Å². The fourth-order valence-corrected chi connectivity index (χ4v) is 5.15. The lowest BCUT2D eigenvalue weighted by Gasteiger charge is -2.15. The number of hydrogen-bond donors (Lipinski definition) is 0. The fourth-order valence-electron chi connectivity index (χ4n) is 2.18. The average Bonchev–Trinajstić information content (AvgIpc) is 3.08. The van der Waals surface area contributed by atoms with Gasteiger partial charge >= 0.3 is 0 Å². The third-order valence-electron chi connectivity index (χ3n) is 3.27. The van der Waals surface area contributed by atoms with Gasteiger partial charge in [0.2, 0.25) is 0 Å². The van der Waals surface area contributed by atoms with Crippen molar-refractivity contribution in [3.05, 3.63) is 88.9 Å². The molecule has 0 aliphatic rings. The molecule has 0 aliphatic heterocycles. The first kappa shape index (κ1) is 14.1. The third-order valence-corrected chi connectivity index (χ3v) is 6.81. The molecule has 3 aromatic rings. The predicted octanol–water partition coefficient (Wildman–Crippen LogP) is 4.73. The standard InChI is InChI=1S/C18H15OPS/c19-20(16-8-3-1-4-9-16,17-10-5-2-6-11-17)14-13-18-12-7-15-21-18/h1-15H/b14-13+. The molecule has 0 saturated carbocycles. The maximum Gasteiger partial charge on any atom is 0.164 e. The van der Waals surface area contributed by atoms with Gasteiger partial charge in [0.1, 0.15) is 0 Å². The van der Waals surface area contributed by atoms with Crippen LogP contribution in [0.5, 0.6) is 0 Å². The number of thiophene rings is 1. The van der Waals surface area contributed by atoms with E-state index in [0.717, 1.165) is 15.5 Å². The van der Waals surface area contributed by atoms with Crippen LogP contribution in [0.2, 0.25) is 0 Å². The van der Waals surface area contributed by atoms with Crippen molar-refractivity contribution >= 4 is 35.2 Å². The van der Waals surface area contributed by atoms with Crippen molar-refractivity contribution in [1.82, 2.24) is 0 Å². The van der Waals surface area contributed by atoms with E-state index in [1.807, 2.05) is 90.1 Å². The minimum absolute atomic E-state index is 0.865. The zero-order valence-corrected chi connectivity index (χ0v) is 13.1. The van der Waals surface area contributed by atoms with Crippen LogP contribution in [-0.2, 0) is 4.57 Å². The van der Waals surface area contributed by atoms with Crippen LogP contribution in [0, 0.1) is 0 Å². The Morgan fingerprint density at radius 3 is 1.81 bits per heavy atom. The van der Waals surface area contributed by atoms with Crippen LogP contribution in [0.1, 0.15) is 4.88 Å². The highest BCUT2D eigenvalue weighted by molar-refractivity contribution is 7.81. The molecule has 104 valence electrons. The van der Waals surface area contributed by atoms with Gasteiger partial charge in [-0.1, -0.05) is 66.7 Å². The second-order valence-electron chi connectivity index (χ2n) is 4.66. The van der Waals surface area contributed by atoms with Gasteiger partial charge in [0, 0.05) is 15.5 Å². The molecular weight excluding hydrogens is 295 g/mol. The van der Waals surface area contributed by atoms with Crippen LogP contribution in [0.15, 0.2) is 84.0 Å². The van der Waals surface area contributed by atoms with Gasteiger partial charge in [-0.15, -0.1) is 11.3 Å². The SMILES string of the molecule is O=P(/C=C/c1cccs1)(c1ccccc1)c1ccccc1. The Morgan fingerprint density at radius 1 is 0.762 bits per heavy atom. The van der Waals surface area contributed by atoms with E-state index in [-0.39, 0.29) is 0 Å². The van der Waals surface area contributed by atoms with Crippen LogP contribution >= 0.6 is 18.5 Å². The molecule has 0 radical (unpaired) electrons. The molecule has 1 heterocycles. The summed E-state index contributed by atoms with van der Waals surface area (Å²) in [5, 5.41) is 3.75. The molecule has 3 rings (SSSR count). The van der Waals surface area contributed by atoms with Crippen molar-refractivity contribution in [3.63, 3.8) is 0 Å². The highest BCUT2D eigenvalue weighted by atomic mass is 32.1. The molecule has 0 fully saturated rings. The Kier molecular flexibility index (Phi) is 4.19. The molecule has 21 heavy (non-hydrogen) atoms. The smallest absolute Gasteiger partial charge is 0.164 e. The average molecular weight is 310 g/mol. The van der Waals surface area contributed by atoms with Gasteiger partial charge in [-0.2, -0.15) is 0 Å². The molecule has 0 spiro atoms. The molecule has 0 bridgehead atoms. The summed E-state index contributed by atoms with van der Waals surface area (Å²) in [6.45, 7) is 0. The Hall–Kier alpha value is -1.89. The van der Waals surface area contributed by atoms with E-state index in [0.29, 0.717) is 0 Å². The van der Waals surface area contributed by atoms with E-state index in [2.05, 4.69) is 0 Å². The molecule has 0 amide bonds. The summed E-state index contributed by atoms with van der Waals surface area (Å²) in [7, 11) is -2.74. The Balaban J connectivity index is 2.10. The molecule has 0 unspecified atom stereocenters. The Labute approximate surface area is 129 Å². The third kappa shape index (κ3) is 3.07. The van der Waals surface area contributed by atoms with E-state index in [4.69, 9.17) is 0 Å². The molecule has 0 aliphatic carbocycles. The molecule has 1 nitrogen and oxygen atoms in total. The van der Waals surface area contributed by atoms with Crippen molar-refractivity contribution < 1.29 is 4.57 Å². The molecular formula is C18H15OPS. The van der Waals surface area contributed by atoms with Crippen LogP contribution in [0.4, 0.5) is 0 Å². The van der Waals surface area contributed by atoms with Gasteiger partial charge in [0.05, 0.1) is 0 Å². The predicted molar refractivity (Wildman–Crippen MR) is 93.1 cm³/mol. The Morgan fingerprint density at radius 2 is 1.33 bits per heavy atom. The highest BCUT2D eigenvalue weighted by Crippen LogP contribution is 2.45. The fraction of sp³-hybridized carbons (Fsp3) is 0. The van der Waals surface area contributed by atoms with Crippen LogP contribution in [0.3, 0.4) is 0 Å². The van der Waals surface area contributed by atoms with Gasteiger partial charge in [0.15, 0.2) is 7.14 Å². The highest BCUT2D eigenvalue weighted by Gasteiger charge is 2.23. The van der Waals surface area contributed by atoms with E-state index in [9.17, 15) is 4.57 Å². The monoisotopic (exact) mass is 310 g/mol. The van der Waals surface area contributed by atoms with Crippen molar-refractivity contribution in [2.24, 2.45) is 0 Å². The number of benzene rings is 2. The minimum atomic E-state index is -2.74. The second kappa shape index (κ2) is 6.26. The minimum Gasteiger partial charge on any atom is -0.309 e. The molecule has 3 heteroatoms.